The number of carbonyl (C=O) groups is 1. The van der Waals surface area contributed by atoms with E-state index in [4.69, 9.17) is 0 Å². The van der Waals surface area contributed by atoms with E-state index in [2.05, 4.69) is 9.55 Å². The minimum Gasteiger partial charge on any atom is -0.507 e. The molecule has 1 amide bonds. The fourth-order valence-electron chi connectivity index (χ4n) is 2.18. The highest BCUT2D eigenvalue weighted by Gasteiger charge is 2.22. The van der Waals surface area contributed by atoms with Crippen LogP contribution < -0.4 is 0 Å². The lowest BCUT2D eigenvalue weighted by Gasteiger charge is -2.27. The third-order valence-electron chi connectivity index (χ3n) is 3.23. The Morgan fingerprint density at radius 1 is 1.37 bits per heavy atom. The molecule has 1 aromatic carbocycles. The predicted octanol–water partition coefficient (Wildman–Crippen LogP) is 1.85. The number of imidazole rings is 1. The maximum absolute atomic E-state index is 12.4. The van der Waals surface area contributed by atoms with Gasteiger partial charge in [0.05, 0.1) is 10.1 Å². The SMILES string of the molecule is O=C(c1ccc(I)c(O)c1)N1CCn2ccnc2C1. The topological polar surface area (TPSA) is 58.4 Å². The van der Waals surface area contributed by atoms with E-state index in [1.165, 1.54) is 6.07 Å². The molecule has 0 bridgehead atoms. The molecule has 0 saturated heterocycles. The van der Waals surface area contributed by atoms with Gasteiger partial charge in [0.15, 0.2) is 0 Å². The number of aromatic nitrogens is 2. The van der Waals surface area contributed by atoms with Crippen LogP contribution in [0.25, 0.3) is 0 Å². The number of halogens is 1. The monoisotopic (exact) mass is 369 g/mol. The van der Waals surface area contributed by atoms with Crippen LogP contribution in [0.3, 0.4) is 0 Å². The summed E-state index contributed by atoms with van der Waals surface area (Å²) in [6.07, 6.45) is 3.67. The van der Waals surface area contributed by atoms with Gasteiger partial charge in [0.2, 0.25) is 0 Å². The van der Waals surface area contributed by atoms with Crippen molar-refractivity contribution in [1.82, 2.24) is 14.5 Å². The minimum atomic E-state index is -0.0686. The lowest BCUT2D eigenvalue weighted by molar-refractivity contribution is 0.0707. The van der Waals surface area contributed by atoms with Crippen molar-refractivity contribution in [3.05, 3.63) is 45.6 Å². The smallest absolute Gasteiger partial charge is 0.254 e. The van der Waals surface area contributed by atoms with Crippen LogP contribution in [0.15, 0.2) is 30.6 Å². The highest BCUT2D eigenvalue weighted by Crippen LogP contribution is 2.22. The van der Waals surface area contributed by atoms with Crippen LogP contribution in [0.5, 0.6) is 5.75 Å². The Labute approximate surface area is 124 Å². The summed E-state index contributed by atoms with van der Waals surface area (Å²) in [6.45, 7) is 1.94. The molecule has 1 aliphatic rings. The molecule has 19 heavy (non-hydrogen) atoms. The molecule has 0 aliphatic carbocycles. The number of fused-ring (bicyclic) bond motifs is 1. The number of hydrogen-bond acceptors (Lipinski definition) is 3. The third kappa shape index (κ3) is 2.32. The van der Waals surface area contributed by atoms with Crippen molar-refractivity contribution in [2.75, 3.05) is 6.54 Å². The molecule has 0 spiro atoms. The molecule has 6 heteroatoms. The number of rotatable bonds is 1. The minimum absolute atomic E-state index is 0.0686. The first-order chi connectivity index (χ1) is 9.15. The zero-order valence-corrected chi connectivity index (χ0v) is 12.2. The Morgan fingerprint density at radius 3 is 3.00 bits per heavy atom. The summed E-state index contributed by atoms with van der Waals surface area (Å²) in [5.41, 5.74) is 0.512. The fraction of sp³-hybridized carbons (Fsp3) is 0.231. The van der Waals surface area contributed by atoms with E-state index < -0.39 is 0 Å². The van der Waals surface area contributed by atoms with E-state index in [0.29, 0.717) is 18.7 Å². The summed E-state index contributed by atoms with van der Waals surface area (Å²) in [4.78, 5) is 18.4. The van der Waals surface area contributed by atoms with E-state index in [1.807, 2.05) is 28.8 Å². The number of phenolic OH excluding ortho intramolecular Hbond substituents is 1. The maximum atomic E-state index is 12.4. The maximum Gasteiger partial charge on any atom is 0.254 e. The lowest BCUT2D eigenvalue weighted by Crippen LogP contribution is -2.38. The van der Waals surface area contributed by atoms with Gasteiger partial charge in [0.1, 0.15) is 11.6 Å². The van der Waals surface area contributed by atoms with Crippen molar-refractivity contribution in [1.29, 1.82) is 0 Å². The third-order valence-corrected chi connectivity index (χ3v) is 4.14. The molecule has 2 aromatic rings. The normalized spacial score (nSPS) is 14.3. The van der Waals surface area contributed by atoms with Crippen LogP contribution in [0.1, 0.15) is 16.2 Å². The first-order valence-corrected chi connectivity index (χ1v) is 7.01. The molecule has 1 N–H and O–H groups in total. The average Bonchev–Trinajstić information content (AvgIpc) is 2.88. The van der Waals surface area contributed by atoms with Crippen molar-refractivity contribution in [2.45, 2.75) is 13.1 Å². The second kappa shape index (κ2) is 4.84. The van der Waals surface area contributed by atoms with Crippen molar-refractivity contribution >= 4 is 28.5 Å². The van der Waals surface area contributed by atoms with Gasteiger partial charge in [-0.15, -0.1) is 0 Å². The van der Waals surface area contributed by atoms with Gasteiger partial charge in [-0.25, -0.2) is 4.98 Å². The quantitative estimate of drug-likeness (QED) is 0.781. The van der Waals surface area contributed by atoms with E-state index >= 15 is 0 Å². The second-order valence-electron chi connectivity index (χ2n) is 4.43. The van der Waals surface area contributed by atoms with E-state index in [9.17, 15) is 9.90 Å². The number of carbonyl (C=O) groups excluding carboxylic acids is 1. The number of hydrogen-bond donors (Lipinski definition) is 1. The predicted molar refractivity (Wildman–Crippen MR) is 77.8 cm³/mol. The van der Waals surface area contributed by atoms with Crippen LogP contribution in [0.4, 0.5) is 0 Å². The van der Waals surface area contributed by atoms with Crippen molar-refractivity contribution in [3.63, 3.8) is 0 Å². The summed E-state index contributed by atoms with van der Waals surface area (Å²) in [6, 6.07) is 5.00. The summed E-state index contributed by atoms with van der Waals surface area (Å²) < 4.78 is 2.79. The van der Waals surface area contributed by atoms with Gasteiger partial charge in [-0.2, -0.15) is 0 Å². The van der Waals surface area contributed by atoms with Crippen LogP contribution in [-0.2, 0) is 13.1 Å². The standard InChI is InChI=1S/C13H12IN3O2/c14-10-2-1-9(7-11(10)18)13(19)17-6-5-16-4-3-15-12(16)8-17/h1-4,7,18H,5-6,8H2. The molecule has 0 saturated carbocycles. The van der Waals surface area contributed by atoms with Gasteiger partial charge >= 0.3 is 0 Å². The first-order valence-electron chi connectivity index (χ1n) is 5.93. The van der Waals surface area contributed by atoms with Crippen LogP contribution in [0, 0.1) is 3.57 Å². The molecule has 3 rings (SSSR count). The first kappa shape index (κ1) is 12.5. The van der Waals surface area contributed by atoms with Gasteiger partial charge in [0.25, 0.3) is 5.91 Å². The number of amides is 1. The molecular weight excluding hydrogens is 357 g/mol. The van der Waals surface area contributed by atoms with Crippen LogP contribution >= 0.6 is 22.6 Å². The van der Waals surface area contributed by atoms with Gasteiger partial charge in [-0.3, -0.25) is 4.79 Å². The largest absolute Gasteiger partial charge is 0.507 e. The molecular formula is C13H12IN3O2. The van der Waals surface area contributed by atoms with Crippen LogP contribution in [0.2, 0.25) is 0 Å². The van der Waals surface area contributed by atoms with E-state index in [1.54, 1.807) is 23.2 Å². The number of phenols is 1. The van der Waals surface area contributed by atoms with Gasteiger partial charge < -0.3 is 14.6 Å². The lowest BCUT2D eigenvalue weighted by atomic mass is 10.1. The van der Waals surface area contributed by atoms with E-state index in [0.717, 1.165) is 15.9 Å². The van der Waals surface area contributed by atoms with Crippen LogP contribution in [-0.4, -0.2) is 32.0 Å². The molecule has 0 atom stereocenters. The summed E-state index contributed by atoms with van der Waals surface area (Å²) in [5, 5.41) is 9.68. The molecule has 5 nitrogen and oxygen atoms in total. The van der Waals surface area contributed by atoms with Crippen molar-refractivity contribution in [3.8, 4) is 5.75 Å². The summed E-state index contributed by atoms with van der Waals surface area (Å²) in [5.74, 6) is 0.972. The van der Waals surface area contributed by atoms with Crippen molar-refractivity contribution < 1.29 is 9.90 Å². The zero-order valence-electron chi connectivity index (χ0n) is 10.1. The number of benzene rings is 1. The molecule has 98 valence electrons. The Hall–Kier alpha value is -1.57. The Morgan fingerprint density at radius 2 is 2.21 bits per heavy atom. The highest BCUT2D eigenvalue weighted by atomic mass is 127. The van der Waals surface area contributed by atoms with Gasteiger partial charge in [0, 0.05) is 31.0 Å². The van der Waals surface area contributed by atoms with Gasteiger partial charge in [-0.1, -0.05) is 0 Å². The van der Waals surface area contributed by atoms with E-state index in [-0.39, 0.29) is 11.7 Å². The fourth-order valence-corrected chi connectivity index (χ4v) is 2.51. The summed E-state index contributed by atoms with van der Waals surface area (Å²) >= 11 is 2.03. The molecule has 1 aliphatic heterocycles. The average molecular weight is 369 g/mol. The molecule has 0 fully saturated rings. The Kier molecular flexibility index (Phi) is 3.17. The van der Waals surface area contributed by atoms with Crippen molar-refractivity contribution in [2.24, 2.45) is 0 Å². The second-order valence-corrected chi connectivity index (χ2v) is 5.59. The molecule has 0 radical (unpaired) electrons. The molecule has 0 unspecified atom stereocenters. The number of nitrogens with zero attached hydrogens (tertiary/aromatic N) is 3. The Bertz CT molecular complexity index is 639. The highest BCUT2D eigenvalue weighted by molar-refractivity contribution is 14.1. The zero-order chi connectivity index (χ0) is 13.4. The van der Waals surface area contributed by atoms with Gasteiger partial charge in [-0.05, 0) is 40.8 Å². The number of aromatic hydroxyl groups is 1. The summed E-state index contributed by atoms with van der Waals surface area (Å²) in [7, 11) is 0. The Balaban J connectivity index is 1.83. The molecule has 1 aromatic heterocycles. The molecule has 2 heterocycles.